The molecule has 1 rings (SSSR count). The maximum Gasteiger partial charge on any atom is 0.237 e. The van der Waals surface area contributed by atoms with Crippen molar-refractivity contribution in [3.63, 3.8) is 0 Å². The van der Waals surface area contributed by atoms with Crippen molar-refractivity contribution in [2.24, 2.45) is 0 Å². The van der Waals surface area contributed by atoms with Crippen molar-refractivity contribution in [1.82, 2.24) is 10.2 Å². The van der Waals surface area contributed by atoms with Gasteiger partial charge < -0.3 is 5.32 Å². The van der Waals surface area contributed by atoms with Gasteiger partial charge in [0.05, 0.1) is 6.04 Å². The standard InChI is InChI=1S/C13H24N2O2/c1-4-7-14-13(17)11(3)15-8-5-6-12(15)9-10(2)16/h11-12H,4-9H2,1-3H3,(H,14,17). The van der Waals surface area contributed by atoms with Crippen LogP contribution in [0.15, 0.2) is 0 Å². The fraction of sp³-hybridized carbons (Fsp3) is 0.846. The van der Waals surface area contributed by atoms with E-state index in [4.69, 9.17) is 0 Å². The fourth-order valence-corrected chi connectivity index (χ4v) is 2.47. The van der Waals surface area contributed by atoms with E-state index in [-0.39, 0.29) is 23.8 Å². The molecule has 4 nitrogen and oxygen atoms in total. The first-order valence-corrected chi connectivity index (χ1v) is 6.59. The van der Waals surface area contributed by atoms with E-state index in [1.807, 2.05) is 13.8 Å². The summed E-state index contributed by atoms with van der Waals surface area (Å²) in [6, 6.07) is 0.142. The smallest absolute Gasteiger partial charge is 0.237 e. The predicted molar refractivity (Wildman–Crippen MR) is 67.8 cm³/mol. The SMILES string of the molecule is CCCNC(=O)C(C)N1CCCC1CC(C)=O. The Hall–Kier alpha value is -0.900. The predicted octanol–water partition coefficient (Wildman–Crippen LogP) is 1.34. The minimum atomic E-state index is -0.117. The minimum Gasteiger partial charge on any atom is -0.355 e. The number of nitrogens with one attached hydrogen (secondary N) is 1. The van der Waals surface area contributed by atoms with Gasteiger partial charge in [-0.1, -0.05) is 6.92 Å². The molecule has 1 aliphatic heterocycles. The molecule has 0 aromatic rings. The second-order valence-corrected chi connectivity index (χ2v) is 4.91. The molecule has 1 N–H and O–H groups in total. The summed E-state index contributed by atoms with van der Waals surface area (Å²) in [6.07, 6.45) is 3.65. The lowest BCUT2D eigenvalue weighted by molar-refractivity contribution is -0.127. The Morgan fingerprint density at radius 3 is 2.76 bits per heavy atom. The van der Waals surface area contributed by atoms with Gasteiger partial charge in [0, 0.05) is 19.0 Å². The maximum absolute atomic E-state index is 11.9. The Kier molecular flexibility index (Phi) is 5.62. The third kappa shape index (κ3) is 4.11. The first-order valence-electron chi connectivity index (χ1n) is 6.59. The lowest BCUT2D eigenvalue weighted by Gasteiger charge is -2.29. The van der Waals surface area contributed by atoms with E-state index >= 15 is 0 Å². The van der Waals surface area contributed by atoms with E-state index in [0.717, 1.165) is 32.4 Å². The summed E-state index contributed by atoms with van der Waals surface area (Å²) in [4.78, 5) is 25.2. The van der Waals surface area contributed by atoms with Gasteiger partial charge in [-0.3, -0.25) is 14.5 Å². The van der Waals surface area contributed by atoms with Crippen LogP contribution in [-0.4, -0.2) is 41.8 Å². The molecule has 4 heteroatoms. The molecule has 0 radical (unpaired) electrons. The Morgan fingerprint density at radius 2 is 2.18 bits per heavy atom. The summed E-state index contributed by atoms with van der Waals surface area (Å²) in [5.41, 5.74) is 0. The number of likely N-dealkylation sites (tertiary alicyclic amines) is 1. The number of carbonyl (C=O) groups is 2. The highest BCUT2D eigenvalue weighted by Crippen LogP contribution is 2.22. The Labute approximate surface area is 104 Å². The van der Waals surface area contributed by atoms with Crippen LogP contribution in [0.4, 0.5) is 0 Å². The molecular formula is C13H24N2O2. The van der Waals surface area contributed by atoms with E-state index in [1.54, 1.807) is 6.92 Å². The lowest BCUT2D eigenvalue weighted by Crippen LogP contribution is -2.47. The summed E-state index contributed by atoms with van der Waals surface area (Å²) < 4.78 is 0. The molecule has 1 aliphatic rings. The van der Waals surface area contributed by atoms with Gasteiger partial charge in [0.15, 0.2) is 0 Å². The lowest BCUT2D eigenvalue weighted by atomic mass is 10.1. The highest BCUT2D eigenvalue weighted by Gasteiger charge is 2.32. The monoisotopic (exact) mass is 240 g/mol. The topological polar surface area (TPSA) is 49.4 Å². The van der Waals surface area contributed by atoms with Gasteiger partial charge in [0.2, 0.25) is 5.91 Å². The molecule has 1 amide bonds. The van der Waals surface area contributed by atoms with E-state index in [2.05, 4.69) is 10.2 Å². The van der Waals surface area contributed by atoms with Crippen LogP contribution in [0.5, 0.6) is 0 Å². The van der Waals surface area contributed by atoms with Gasteiger partial charge in [-0.15, -0.1) is 0 Å². The molecule has 0 aliphatic carbocycles. The molecule has 17 heavy (non-hydrogen) atoms. The van der Waals surface area contributed by atoms with Gasteiger partial charge in [-0.2, -0.15) is 0 Å². The second kappa shape index (κ2) is 6.74. The van der Waals surface area contributed by atoms with E-state index in [0.29, 0.717) is 6.42 Å². The van der Waals surface area contributed by atoms with Gasteiger partial charge in [-0.25, -0.2) is 0 Å². The second-order valence-electron chi connectivity index (χ2n) is 4.91. The number of amides is 1. The Balaban J connectivity index is 2.51. The summed E-state index contributed by atoms with van der Waals surface area (Å²) in [7, 11) is 0. The van der Waals surface area contributed by atoms with Crippen LogP contribution in [0.25, 0.3) is 0 Å². The van der Waals surface area contributed by atoms with E-state index in [9.17, 15) is 9.59 Å². The highest BCUT2D eigenvalue weighted by molar-refractivity contribution is 5.81. The summed E-state index contributed by atoms with van der Waals surface area (Å²) in [5, 5.41) is 2.92. The molecule has 1 fully saturated rings. The zero-order valence-corrected chi connectivity index (χ0v) is 11.2. The third-order valence-electron chi connectivity index (χ3n) is 3.37. The molecule has 0 saturated carbocycles. The summed E-state index contributed by atoms with van der Waals surface area (Å²) in [5.74, 6) is 0.297. The number of rotatable bonds is 6. The van der Waals surface area contributed by atoms with Gasteiger partial charge in [0.25, 0.3) is 0 Å². The number of hydrogen-bond acceptors (Lipinski definition) is 3. The molecule has 0 bridgehead atoms. The number of carbonyl (C=O) groups excluding carboxylic acids is 2. The fourth-order valence-electron chi connectivity index (χ4n) is 2.47. The van der Waals surface area contributed by atoms with Crippen molar-refractivity contribution in [3.05, 3.63) is 0 Å². The molecule has 0 spiro atoms. The maximum atomic E-state index is 11.9. The quantitative estimate of drug-likeness (QED) is 0.762. The zero-order chi connectivity index (χ0) is 12.8. The van der Waals surface area contributed by atoms with Crippen LogP contribution >= 0.6 is 0 Å². The molecule has 2 unspecified atom stereocenters. The molecule has 0 aromatic carbocycles. The summed E-state index contributed by atoms with van der Waals surface area (Å²) >= 11 is 0. The number of ketones is 1. The normalized spacial score (nSPS) is 22.4. The number of nitrogens with zero attached hydrogens (tertiary/aromatic N) is 1. The first kappa shape index (κ1) is 14.2. The molecule has 1 heterocycles. The first-order chi connectivity index (χ1) is 8.06. The number of Topliss-reactive ketones (excluding diaryl/α,β-unsaturated/α-hetero) is 1. The highest BCUT2D eigenvalue weighted by atomic mass is 16.2. The van der Waals surface area contributed by atoms with Crippen LogP contribution in [0.2, 0.25) is 0 Å². The molecule has 1 saturated heterocycles. The Morgan fingerprint density at radius 1 is 1.47 bits per heavy atom. The largest absolute Gasteiger partial charge is 0.355 e. The molecule has 98 valence electrons. The van der Waals surface area contributed by atoms with Crippen molar-refractivity contribution in [2.45, 2.75) is 58.5 Å². The van der Waals surface area contributed by atoms with Crippen LogP contribution in [0, 0.1) is 0 Å². The van der Waals surface area contributed by atoms with E-state index < -0.39 is 0 Å². The van der Waals surface area contributed by atoms with Crippen LogP contribution in [0.3, 0.4) is 0 Å². The molecular weight excluding hydrogens is 216 g/mol. The van der Waals surface area contributed by atoms with Crippen LogP contribution in [0.1, 0.15) is 46.5 Å². The molecule has 0 aromatic heterocycles. The van der Waals surface area contributed by atoms with Crippen molar-refractivity contribution >= 4 is 11.7 Å². The van der Waals surface area contributed by atoms with E-state index in [1.165, 1.54) is 0 Å². The van der Waals surface area contributed by atoms with Crippen molar-refractivity contribution in [3.8, 4) is 0 Å². The summed E-state index contributed by atoms with van der Waals surface area (Å²) in [6.45, 7) is 7.26. The third-order valence-corrected chi connectivity index (χ3v) is 3.37. The average Bonchev–Trinajstić information content (AvgIpc) is 2.71. The van der Waals surface area contributed by atoms with Crippen LogP contribution in [-0.2, 0) is 9.59 Å². The molecule has 2 atom stereocenters. The van der Waals surface area contributed by atoms with Crippen LogP contribution < -0.4 is 5.32 Å². The van der Waals surface area contributed by atoms with Crippen molar-refractivity contribution < 1.29 is 9.59 Å². The number of hydrogen-bond donors (Lipinski definition) is 1. The van der Waals surface area contributed by atoms with Crippen molar-refractivity contribution in [2.75, 3.05) is 13.1 Å². The average molecular weight is 240 g/mol. The van der Waals surface area contributed by atoms with Crippen molar-refractivity contribution in [1.29, 1.82) is 0 Å². The minimum absolute atomic E-state index is 0.0855. The van der Waals surface area contributed by atoms with Gasteiger partial charge >= 0.3 is 0 Å². The Bertz CT molecular complexity index is 279. The zero-order valence-electron chi connectivity index (χ0n) is 11.2. The van der Waals surface area contributed by atoms with Gasteiger partial charge in [-0.05, 0) is 39.7 Å². The van der Waals surface area contributed by atoms with Gasteiger partial charge in [0.1, 0.15) is 5.78 Å².